The summed E-state index contributed by atoms with van der Waals surface area (Å²) in [4.78, 5) is 11.7. The first-order chi connectivity index (χ1) is 9.79. The highest BCUT2D eigenvalue weighted by atomic mass is 16.5. The number of ether oxygens (including phenoxy) is 1. The summed E-state index contributed by atoms with van der Waals surface area (Å²) in [6.45, 7) is 2.32. The van der Waals surface area contributed by atoms with Gasteiger partial charge in [-0.2, -0.15) is 0 Å². The van der Waals surface area contributed by atoms with E-state index in [2.05, 4.69) is 36.4 Å². The molecule has 0 aromatic heterocycles. The van der Waals surface area contributed by atoms with Crippen molar-refractivity contribution < 1.29 is 9.53 Å². The second kappa shape index (κ2) is 5.49. The van der Waals surface area contributed by atoms with Crippen molar-refractivity contribution in [3.8, 4) is 11.1 Å². The molecule has 0 radical (unpaired) electrons. The van der Waals surface area contributed by atoms with Crippen LogP contribution in [0.25, 0.3) is 11.1 Å². The molecular weight excluding hydrogens is 248 g/mol. The van der Waals surface area contributed by atoms with Crippen LogP contribution in [0.4, 0.5) is 0 Å². The van der Waals surface area contributed by atoms with Crippen molar-refractivity contribution in [2.24, 2.45) is 5.92 Å². The van der Waals surface area contributed by atoms with Gasteiger partial charge in [-0.25, -0.2) is 0 Å². The van der Waals surface area contributed by atoms with Crippen molar-refractivity contribution in [1.82, 2.24) is 0 Å². The lowest BCUT2D eigenvalue weighted by atomic mass is 10.0. The van der Waals surface area contributed by atoms with E-state index in [4.69, 9.17) is 4.74 Å². The summed E-state index contributed by atoms with van der Waals surface area (Å²) in [5.41, 5.74) is 3.67. The highest BCUT2D eigenvalue weighted by Crippen LogP contribution is 2.48. The molecule has 0 amide bonds. The highest BCUT2D eigenvalue weighted by molar-refractivity contribution is 5.77. The predicted molar refractivity (Wildman–Crippen MR) is 79.4 cm³/mol. The standard InChI is InChI=1S/C18H18O2/c1-2-20-18(19)17-12-16(17)15-10-8-14(9-11-15)13-6-4-3-5-7-13/h3-11,16-17H,2,12H2,1H3/t16-,17-/m0/s1. The summed E-state index contributed by atoms with van der Waals surface area (Å²) in [6.07, 6.45) is 0.920. The van der Waals surface area contributed by atoms with Gasteiger partial charge < -0.3 is 4.74 Å². The Morgan fingerprint density at radius 1 is 1.05 bits per heavy atom. The molecule has 2 nitrogen and oxygen atoms in total. The van der Waals surface area contributed by atoms with Crippen LogP contribution in [0.15, 0.2) is 54.6 Å². The minimum absolute atomic E-state index is 0.0513. The van der Waals surface area contributed by atoms with E-state index in [1.807, 2.05) is 25.1 Å². The van der Waals surface area contributed by atoms with Crippen LogP contribution in [0.5, 0.6) is 0 Å². The summed E-state index contributed by atoms with van der Waals surface area (Å²) < 4.78 is 5.07. The fourth-order valence-electron chi connectivity index (χ4n) is 2.63. The van der Waals surface area contributed by atoms with Gasteiger partial charge in [0.15, 0.2) is 0 Å². The van der Waals surface area contributed by atoms with E-state index in [1.54, 1.807) is 0 Å². The number of hydrogen-bond donors (Lipinski definition) is 0. The zero-order valence-electron chi connectivity index (χ0n) is 11.6. The Bertz CT molecular complexity index is 587. The Morgan fingerprint density at radius 2 is 1.70 bits per heavy atom. The molecule has 102 valence electrons. The van der Waals surface area contributed by atoms with Crippen LogP contribution < -0.4 is 0 Å². The van der Waals surface area contributed by atoms with Gasteiger partial charge in [-0.15, -0.1) is 0 Å². The molecule has 0 bridgehead atoms. The van der Waals surface area contributed by atoms with Crippen LogP contribution in [-0.4, -0.2) is 12.6 Å². The predicted octanol–water partition coefficient (Wildman–Crippen LogP) is 4.02. The lowest BCUT2D eigenvalue weighted by Crippen LogP contribution is -2.07. The normalized spacial score (nSPS) is 20.4. The van der Waals surface area contributed by atoms with Gasteiger partial charge >= 0.3 is 5.97 Å². The summed E-state index contributed by atoms with van der Waals surface area (Å²) in [7, 11) is 0. The van der Waals surface area contributed by atoms with Gasteiger partial charge in [0, 0.05) is 0 Å². The summed E-state index contributed by atoms with van der Waals surface area (Å²) in [5, 5.41) is 0. The van der Waals surface area contributed by atoms with Crippen molar-refractivity contribution >= 4 is 5.97 Å². The van der Waals surface area contributed by atoms with Gasteiger partial charge in [-0.1, -0.05) is 54.6 Å². The van der Waals surface area contributed by atoms with Gasteiger partial charge in [0.2, 0.25) is 0 Å². The zero-order valence-corrected chi connectivity index (χ0v) is 11.6. The van der Waals surface area contributed by atoms with Crippen molar-refractivity contribution in [3.05, 3.63) is 60.2 Å². The minimum Gasteiger partial charge on any atom is -0.466 e. The zero-order chi connectivity index (χ0) is 13.9. The maximum absolute atomic E-state index is 11.7. The Balaban J connectivity index is 1.71. The summed E-state index contributed by atoms with van der Waals surface area (Å²) in [5.74, 6) is 0.362. The van der Waals surface area contributed by atoms with Crippen LogP contribution >= 0.6 is 0 Å². The molecule has 0 saturated heterocycles. The fraction of sp³-hybridized carbons (Fsp3) is 0.278. The molecule has 0 aliphatic heterocycles. The average Bonchev–Trinajstić information content (AvgIpc) is 3.29. The van der Waals surface area contributed by atoms with E-state index in [9.17, 15) is 4.79 Å². The topological polar surface area (TPSA) is 26.3 Å². The first-order valence-corrected chi connectivity index (χ1v) is 7.11. The Morgan fingerprint density at radius 3 is 2.35 bits per heavy atom. The monoisotopic (exact) mass is 266 g/mol. The van der Waals surface area contributed by atoms with Crippen molar-refractivity contribution in [2.45, 2.75) is 19.3 Å². The lowest BCUT2D eigenvalue weighted by molar-refractivity contribution is -0.144. The summed E-state index contributed by atoms with van der Waals surface area (Å²) in [6, 6.07) is 18.8. The molecule has 1 aliphatic rings. The van der Waals surface area contributed by atoms with E-state index in [-0.39, 0.29) is 11.9 Å². The second-order valence-electron chi connectivity index (χ2n) is 5.19. The SMILES string of the molecule is CCOC(=O)[C@H]1C[C@H]1c1ccc(-c2ccccc2)cc1. The van der Waals surface area contributed by atoms with Gasteiger partial charge in [-0.05, 0) is 36.0 Å². The van der Waals surface area contributed by atoms with Crippen molar-refractivity contribution in [1.29, 1.82) is 0 Å². The van der Waals surface area contributed by atoms with E-state index >= 15 is 0 Å². The number of esters is 1. The van der Waals surface area contributed by atoms with E-state index in [0.717, 1.165) is 6.42 Å². The Labute approximate surface area is 119 Å². The van der Waals surface area contributed by atoms with Crippen LogP contribution in [0, 0.1) is 5.92 Å². The Kier molecular flexibility index (Phi) is 3.55. The third-order valence-electron chi connectivity index (χ3n) is 3.83. The van der Waals surface area contributed by atoms with Crippen LogP contribution in [0.2, 0.25) is 0 Å². The second-order valence-corrected chi connectivity index (χ2v) is 5.19. The smallest absolute Gasteiger partial charge is 0.309 e. The number of carbonyl (C=O) groups is 1. The molecular formula is C18H18O2. The molecule has 2 aromatic rings. The van der Waals surface area contributed by atoms with Crippen LogP contribution in [0.1, 0.15) is 24.8 Å². The number of hydrogen-bond acceptors (Lipinski definition) is 2. The molecule has 20 heavy (non-hydrogen) atoms. The van der Waals surface area contributed by atoms with Gasteiger partial charge in [0.25, 0.3) is 0 Å². The van der Waals surface area contributed by atoms with E-state index in [1.165, 1.54) is 16.7 Å². The first kappa shape index (κ1) is 12.9. The first-order valence-electron chi connectivity index (χ1n) is 7.11. The largest absolute Gasteiger partial charge is 0.466 e. The molecule has 1 saturated carbocycles. The molecule has 0 unspecified atom stereocenters. The fourth-order valence-corrected chi connectivity index (χ4v) is 2.63. The molecule has 1 aliphatic carbocycles. The highest BCUT2D eigenvalue weighted by Gasteiger charge is 2.44. The number of benzene rings is 2. The minimum atomic E-state index is -0.0513. The van der Waals surface area contributed by atoms with Gasteiger partial charge in [0.1, 0.15) is 0 Å². The maximum atomic E-state index is 11.7. The molecule has 0 spiro atoms. The molecule has 1 fully saturated rings. The third kappa shape index (κ3) is 2.60. The quantitative estimate of drug-likeness (QED) is 0.781. The van der Waals surface area contributed by atoms with Crippen molar-refractivity contribution in [3.63, 3.8) is 0 Å². The molecule has 2 aromatic carbocycles. The molecule has 2 atom stereocenters. The third-order valence-corrected chi connectivity index (χ3v) is 3.83. The maximum Gasteiger partial charge on any atom is 0.309 e. The van der Waals surface area contributed by atoms with Crippen LogP contribution in [0.3, 0.4) is 0 Å². The molecule has 0 N–H and O–H groups in total. The lowest BCUT2D eigenvalue weighted by Gasteiger charge is -2.04. The average molecular weight is 266 g/mol. The van der Waals surface area contributed by atoms with E-state index in [0.29, 0.717) is 12.5 Å². The molecule has 0 heterocycles. The number of rotatable bonds is 4. The van der Waals surface area contributed by atoms with E-state index < -0.39 is 0 Å². The van der Waals surface area contributed by atoms with Crippen LogP contribution in [-0.2, 0) is 9.53 Å². The molecule has 3 rings (SSSR count). The Hall–Kier alpha value is -2.09. The van der Waals surface area contributed by atoms with Gasteiger partial charge in [0.05, 0.1) is 12.5 Å². The van der Waals surface area contributed by atoms with Crippen molar-refractivity contribution in [2.75, 3.05) is 6.61 Å². The number of carbonyl (C=O) groups excluding carboxylic acids is 1. The molecule has 2 heteroatoms. The van der Waals surface area contributed by atoms with Gasteiger partial charge in [-0.3, -0.25) is 4.79 Å². The summed E-state index contributed by atoms with van der Waals surface area (Å²) >= 11 is 0.